The number of furan rings is 1. The van der Waals surface area contributed by atoms with E-state index in [1.54, 1.807) is 0 Å². The average Bonchev–Trinajstić information content (AvgIpc) is 3.34. The fourth-order valence-corrected chi connectivity index (χ4v) is 4.83. The van der Waals surface area contributed by atoms with E-state index >= 15 is 0 Å². The molecule has 0 aliphatic carbocycles. The topological polar surface area (TPSA) is 18.1 Å². The lowest BCUT2D eigenvalue weighted by molar-refractivity contribution is 0.672. The molecule has 2 aromatic heterocycles. The summed E-state index contributed by atoms with van der Waals surface area (Å²) in [6.45, 7) is 0. The number of fused-ring (bicyclic) bond motifs is 8. The third-order valence-corrected chi connectivity index (χ3v) is 6.17. The fourth-order valence-electron chi connectivity index (χ4n) is 4.83. The molecule has 7 aromatic rings. The Bertz CT molecular complexity index is 1740. The van der Waals surface area contributed by atoms with E-state index in [0.29, 0.717) is 0 Å². The maximum absolute atomic E-state index is 6.31. The van der Waals surface area contributed by atoms with E-state index in [2.05, 4.69) is 95.6 Å². The summed E-state index contributed by atoms with van der Waals surface area (Å²) >= 11 is 0. The van der Waals surface area contributed by atoms with Crippen LogP contribution < -0.4 is 0 Å². The predicted molar refractivity (Wildman–Crippen MR) is 126 cm³/mol. The van der Waals surface area contributed by atoms with Crippen LogP contribution in [0.15, 0.2) is 108 Å². The lowest BCUT2D eigenvalue weighted by Crippen LogP contribution is -1.92. The highest BCUT2D eigenvalue weighted by atomic mass is 16.3. The third-order valence-electron chi connectivity index (χ3n) is 6.17. The average molecular weight is 383 g/mol. The first kappa shape index (κ1) is 15.8. The Labute approximate surface area is 172 Å². The van der Waals surface area contributed by atoms with Crippen molar-refractivity contribution in [3.8, 4) is 5.69 Å². The Hall–Kier alpha value is -4.04. The van der Waals surface area contributed by atoms with Crippen molar-refractivity contribution < 1.29 is 4.42 Å². The van der Waals surface area contributed by atoms with E-state index in [4.69, 9.17) is 4.42 Å². The molecule has 0 radical (unpaired) electrons. The number of benzene rings is 5. The Balaban J connectivity index is 1.69. The van der Waals surface area contributed by atoms with Gasteiger partial charge in [-0.2, -0.15) is 0 Å². The Morgan fingerprint density at radius 1 is 0.500 bits per heavy atom. The van der Waals surface area contributed by atoms with E-state index in [-0.39, 0.29) is 0 Å². The van der Waals surface area contributed by atoms with Gasteiger partial charge in [0.05, 0.1) is 11.0 Å². The molecule has 0 spiro atoms. The lowest BCUT2D eigenvalue weighted by Gasteiger charge is -2.08. The van der Waals surface area contributed by atoms with Gasteiger partial charge in [0.15, 0.2) is 0 Å². The molecule has 0 N–H and O–H groups in total. The highest BCUT2D eigenvalue weighted by Gasteiger charge is 2.15. The Morgan fingerprint density at radius 3 is 2.17 bits per heavy atom. The first-order valence-corrected chi connectivity index (χ1v) is 10.2. The SMILES string of the molecule is c1ccc(-n2c3ccccc3c3cc4c(ccc5c6ccccc6oc45)cc32)cc1. The maximum Gasteiger partial charge on any atom is 0.143 e. The summed E-state index contributed by atoms with van der Waals surface area (Å²) in [6, 6.07) is 36.5. The van der Waals surface area contributed by atoms with Crippen LogP contribution >= 0.6 is 0 Å². The third kappa shape index (κ3) is 2.03. The largest absolute Gasteiger partial charge is 0.455 e. The summed E-state index contributed by atoms with van der Waals surface area (Å²) in [6.07, 6.45) is 0. The molecule has 0 aliphatic rings. The molecule has 0 saturated heterocycles. The van der Waals surface area contributed by atoms with Gasteiger partial charge in [-0.1, -0.05) is 60.7 Å². The molecule has 0 amide bonds. The Kier molecular flexibility index (Phi) is 3.03. The van der Waals surface area contributed by atoms with E-state index in [0.717, 1.165) is 16.6 Å². The molecule has 140 valence electrons. The molecule has 0 fully saturated rings. The molecule has 0 unspecified atom stereocenters. The van der Waals surface area contributed by atoms with Crippen molar-refractivity contribution in [2.75, 3.05) is 0 Å². The van der Waals surface area contributed by atoms with Gasteiger partial charge in [0.25, 0.3) is 0 Å². The van der Waals surface area contributed by atoms with Crippen LogP contribution in [0.3, 0.4) is 0 Å². The van der Waals surface area contributed by atoms with Crippen LogP contribution in [0.4, 0.5) is 0 Å². The van der Waals surface area contributed by atoms with Crippen molar-refractivity contribution in [2.24, 2.45) is 0 Å². The molecule has 0 atom stereocenters. The smallest absolute Gasteiger partial charge is 0.143 e. The summed E-state index contributed by atoms with van der Waals surface area (Å²) < 4.78 is 8.67. The summed E-state index contributed by atoms with van der Waals surface area (Å²) in [7, 11) is 0. The molecular formula is C28H17NO. The molecule has 2 heteroatoms. The van der Waals surface area contributed by atoms with Crippen LogP contribution in [0.5, 0.6) is 0 Å². The number of hydrogen-bond donors (Lipinski definition) is 0. The van der Waals surface area contributed by atoms with E-state index in [9.17, 15) is 0 Å². The van der Waals surface area contributed by atoms with Crippen LogP contribution in [-0.2, 0) is 0 Å². The Morgan fingerprint density at radius 2 is 1.27 bits per heavy atom. The lowest BCUT2D eigenvalue weighted by atomic mass is 10.0. The zero-order valence-corrected chi connectivity index (χ0v) is 16.2. The molecule has 2 nitrogen and oxygen atoms in total. The first-order valence-electron chi connectivity index (χ1n) is 10.2. The van der Waals surface area contributed by atoms with Crippen molar-refractivity contribution in [2.45, 2.75) is 0 Å². The van der Waals surface area contributed by atoms with Gasteiger partial charge in [0, 0.05) is 32.6 Å². The molecule has 30 heavy (non-hydrogen) atoms. The summed E-state index contributed by atoms with van der Waals surface area (Å²) in [5.41, 5.74) is 5.51. The van der Waals surface area contributed by atoms with Gasteiger partial charge in [0.1, 0.15) is 11.2 Å². The molecule has 5 aromatic carbocycles. The minimum atomic E-state index is 0.937. The molecule has 0 saturated carbocycles. The van der Waals surface area contributed by atoms with Crippen LogP contribution in [0, 0.1) is 0 Å². The standard InChI is InChI=1S/C28H17NO/c1-2-8-19(9-3-1)29-25-12-6-4-10-20(25)24-17-23-18(16-26(24)29)14-15-22-21-11-5-7-13-27(21)30-28(22)23/h1-17H. The quantitative estimate of drug-likeness (QED) is 0.282. The van der Waals surface area contributed by atoms with Gasteiger partial charge in [-0.05, 0) is 47.9 Å². The predicted octanol–water partition coefficient (Wildman–Crippen LogP) is 7.84. The highest BCUT2D eigenvalue weighted by Crippen LogP contribution is 2.39. The minimum Gasteiger partial charge on any atom is -0.455 e. The summed E-state index contributed by atoms with van der Waals surface area (Å²) in [5, 5.41) is 7.19. The normalized spacial score (nSPS) is 12.0. The van der Waals surface area contributed by atoms with Gasteiger partial charge in [-0.25, -0.2) is 0 Å². The molecule has 0 bridgehead atoms. The highest BCUT2D eigenvalue weighted by molar-refractivity contribution is 6.20. The number of nitrogens with zero attached hydrogens (tertiary/aromatic N) is 1. The van der Waals surface area contributed by atoms with Gasteiger partial charge >= 0.3 is 0 Å². The van der Waals surface area contributed by atoms with Gasteiger partial charge in [-0.15, -0.1) is 0 Å². The monoisotopic (exact) mass is 383 g/mol. The number of para-hydroxylation sites is 3. The zero-order valence-electron chi connectivity index (χ0n) is 16.2. The van der Waals surface area contributed by atoms with Crippen molar-refractivity contribution in [3.05, 3.63) is 103 Å². The molecule has 2 heterocycles. The number of rotatable bonds is 1. The van der Waals surface area contributed by atoms with E-state index in [1.165, 1.54) is 43.7 Å². The summed E-state index contributed by atoms with van der Waals surface area (Å²) in [5.74, 6) is 0. The number of aromatic nitrogens is 1. The molecule has 0 aliphatic heterocycles. The van der Waals surface area contributed by atoms with E-state index in [1.807, 2.05) is 12.1 Å². The van der Waals surface area contributed by atoms with Crippen molar-refractivity contribution >= 4 is 54.5 Å². The second kappa shape index (κ2) is 5.74. The fraction of sp³-hybridized carbons (Fsp3) is 0. The first-order chi connectivity index (χ1) is 14.9. The van der Waals surface area contributed by atoms with Crippen LogP contribution in [0.2, 0.25) is 0 Å². The van der Waals surface area contributed by atoms with Gasteiger partial charge < -0.3 is 8.98 Å². The zero-order chi connectivity index (χ0) is 19.7. The van der Waals surface area contributed by atoms with Crippen LogP contribution in [0.1, 0.15) is 0 Å². The van der Waals surface area contributed by atoms with Crippen LogP contribution in [0.25, 0.3) is 60.2 Å². The van der Waals surface area contributed by atoms with Gasteiger partial charge in [0.2, 0.25) is 0 Å². The van der Waals surface area contributed by atoms with E-state index < -0.39 is 0 Å². The van der Waals surface area contributed by atoms with Crippen molar-refractivity contribution in [3.63, 3.8) is 0 Å². The second-order valence-corrected chi connectivity index (χ2v) is 7.82. The van der Waals surface area contributed by atoms with Crippen LogP contribution in [-0.4, -0.2) is 4.57 Å². The second-order valence-electron chi connectivity index (χ2n) is 7.82. The summed E-state index contributed by atoms with van der Waals surface area (Å²) in [4.78, 5) is 0. The van der Waals surface area contributed by atoms with Crippen molar-refractivity contribution in [1.82, 2.24) is 4.57 Å². The van der Waals surface area contributed by atoms with Crippen molar-refractivity contribution in [1.29, 1.82) is 0 Å². The maximum atomic E-state index is 6.31. The molecular weight excluding hydrogens is 366 g/mol. The minimum absolute atomic E-state index is 0.937. The molecule has 7 rings (SSSR count). The number of hydrogen-bond acceptors (Lipinski definition) is 1. The van der Waals surface area contributed by atoms with Gasteiger partial charge in [-0.3, -0.25) is 0 Å².